The first-order valence-corrected chi connectivity index (χ1v) is 5.06. The Balaban J connectivity index is 2.46. The highest BCUT2D eigenvalue weighted by atomic mass is 14.9. The number of nitriles is 1. The standard InChI is InChI=1S/C12H17N3/c1-10-4-5-14-6-11(10)7-15-9-12(2,3)8-13/h4-6,15H,7,9H2,1-3H3. The molecule has 1 rings (SSSR count). The Hall–Kier alpha value is -1.40. The van der Waals surface area contributed by atoms with E-state index in [1.54, 1.807) is 6.20 Å². The number of nitrogens with zero attached hydrogens (tertiary/aromatic N) is 2. The topological polar surface area (TPSA) is 48.7 Å². The van der Waals surface area contributed by atoms with Gasteiger partial charge in [0.05, 0.1) is 11.5 Å². The molecule has 0 atom stereocenters. The van der Waals surface area contributed by atoms with Gasteiger partial charge in [0.2, 0.25) is 0 Å². The van der Waals surface area contributed by atoms with Crippen LogP contribution in [0.1, 0.15) is 25.0 Å². The summed E-state index contributed by atoms with van der Waals surface area (Å²) in [5, 5.41) is 12.1. The largest absolute Gasteiger partial charge is 0.311 e. The van der Waals surface area contributed by atoms with Crippen LogP contribution in [0.15, 0.2) is 18.5 Å². The molecule has 0 fully saturated rings. The molecule has 1 aromatic rings. The van der Waals surface area contributed by atoms with Gasteiger partial charge in [0.15, 0.2) is 0 Å². The SMILES string of the molecule is Cc1ccncc1CNCC(C)(C)C#N. The maximum atomic E-state index is 8.84. The molecule has 0 saturated carbocycles. The summed E-state index contributed by atoms with van der Waals surface area (Å²) in [6, 6.07) is 4.26. The molecule has 1 aromatic heterocycles. The van der Waals surface area contributed by atoms with Crippen molar-refractivity contribution in [2.24, 2.45) is 5.41 Å². The third-order valence-electron chi connectivity index (χ3n) is 2.33. The Kier molecular flexibility index (Phi) is 3.81. The minimum absolute atomic E-state index is 0.309. The highest BCUT2D eigenvalue weighted by Gasteiger charge is 2.15. The second-order valence-corrected chi connectivity index (χ2v) is 4.40. The number of hydrogen-bond acceptors (Lipinski definition) is 3. The molecule has 0 aliphatic rings. The van der Waals surface area contributed by atoms with Gasteiger partial charge in [0, 0.05) is 25.5 Å². The molecule has 3 nitrogen and oxygen atoms in total. The highest BCUT2D eigenvalue weighted by molar-refractivity contribution is 5.21. The fraction of sp³-hybridized carbons (Fsp3) is 0.500. The van der Waals surface area contributed by atoms with Crippen molar-refractivity contribution in [1.29, 1.82) is 5.26 Å². The molecule has 0 unspecified atom stereocenters. The summed E-state index contributed by atoms with van der Waals surface area (Å²) in [7, 11) is 0. The van der Waals surface area contributed by atoms with Gasteiger partial charge >= 0.3 is 0 Å². The van der Waals surface area contributed by atoms with Crippen molar-refractivity contribution in [3.63, 3.8) is 0 Å². The van der Waals surface area contributed by atoms with E-state index < -0.39 is 0 Å². The van der Waals surface area contributed by atoms with Crippen LogP contribution in [0.3, 0.4) is 0 Å². The maximum absolute atomic E-state index is 8.84. The number of pyridine rings is 1. The second kappa shape index (κ2) is 4.90. The number of hydrogen-bond donors (Lipinski definition) is 1. The number of aromatic nitrogens is 1. The minimum Gasteiger partial charge on any atom is -0.311 e. The van der Waals surface area contributed by atoms with Crippen LogP contribution >= 0.6 is 0 Å². The molecule has 0 radical (unpaired) electrons. The second-order valence-electron chi connectivity index (χ2n) is 4.40. The van der Waals surface area contributed by atoms with E-state index in [1.165, 1.54) is 11.1 Å². The smallest absolute Gasteiger partial charge is 0.0697 e. The van der Waals surface area contributed by atoms with E-state index in [1.807, 2.05) is 26.1 Å². The average molecular weight is 203 g/mol. The summed E-state index contributed by atoms with van der Waals surface area (Å²) in [4.78, 5) is 4.08. The van der Waals surface area contributed by atoms with Crippen molar-refractivity contribution in [3.05, 3.63) is 29.6 Å². The van der Waals surface area contributed by atoms with Gasteiger partial charge in [-0.2, -0.15) is 5.26 Å². The number of rotatable bonds is 4. The van der Waals surface area contributed by atoms with Gasteiger partial charge in [-0.1, -0.05) is 0 Å². The fourth-order valence-electron chi connectivity index (χ4n) is 1.23. The lowest BCUT2D eigenvalue weighted by molar-refractivity contribution is 0.444. The molecule has 3 heteroatoms. The van der Waals surface area contributed by atoms with Crippen molar-refractivity contribution in [3.8, 4) is 6.07 Å². The Morgan fingerprint density at radius 1 is 1.53 bits per heavy atom. The molecule has 1 heterocycles. The first-order chi connectivity index (χ1) is 7.05. The van der Waals surface area contributed by atoms with Crippen LogP contribution in [0.25, 0.3) is 0 Å². The van der Waals surface area contributed by atoms with Crippen LogP contribution in [0.2, 0.25) is 0 Å². The van der Waals surface area contributed by atoms with E-state index >= 15 is 0 Å². The van der Waals surface area contributed by atoms with E-state index in [2.05, 4.69) is 23.3 Å². The Labute approximate surface area is 91.1 Å². The molecule has 15 heavy (non-hydrogen) atoms. The minimum atomic E-state index is -0.309. The zero-order chi connectivity index (χ0) is 11.3. The van der Waals surface area contributed by atoms with Crippen LogP contribution < -0.4 is 5.32 Å². The fourth-order valence-corrected chi connectivity index (χ4v) is 1.23. The molecule has 0 amide bonds. The molecule has 0 aliphatic heterocycles. The Morgan fingerprint density at radius 2 is 2.27 bits per heavy atom. The van der Waals surface area contributed by atoms with E-state index in [0.29, 0.717) is 6.54 Å². The Bertz CT molecular complexity index is 363. The Morgan fingerprint density at radius 3 is 2.87 bits per heavy atom. The lowest BCUT2D eigenvalue weighted by Crippen LogP contribution is -2.27. The van der Waals surface area contributed by atoms with Gasteiger partial charge in [-0.15, -0.1) is 0 Å². The van der Waals surface area contributed by atoms with Gasteiger partial charge in [0.1, 0.15) is 0 Å². The van der Waals surface area contributed by atoms with E-state index in [9.17, 15) is 0 Å². The zero-order valence-corrected chi connectivity index (χ0v) is 9.54. The predicted molar refractivity (Wildman–Crippen MR) is 60.1 cm³/mol. The van der Waals surface area contributed by atoms with Crippen LogP contribution in [0.4, 0.5) is 0 Å². The highest BCUT2D eigenvalue weighted by Crippen LogP contribution is 2.11. The van der Waals surface area contributed by atoms with Crippen molar-refractivity contribution in [2.75, 3.05) is 6.54 Å². The van der Waals surface area contributed by atoms with Gasteiger partial charge < -0.3 is 5.32 Å². The third kappa shape index (κ3) is 3.69. The summed E-state index contributed by atoms with van der Waals surface area (Å²) in [5.41, 5.74) is 2.11. The van der Waals surface area contributed by atoms with Crippen LogP contribution in [-0.2, 0) is 6.54 Å². The molecule has 0 spiro atoms. The molecule has 0 aromatic carbocycles. The zero-order valence-electron chi connectivity index (χ0n) is 9.54. The first kappa shape index (κ1) is 11.7. The molecular formula is C12H17N3. The lowest BCUT2D eigenvalue weighted by Gasteiger charge is -2.16. The van der Waals surface area contributed by atoms with Gasteiger partial charge in [-0.05, 0) is 38.0 Å². The molecule has 0 bridgehead atoms. The molecule has 0 aliphatic carbocycles. The summed E-state index contributed by atoms with van der Waals surface area (Å²) in [6.07, 6.45) is 3.65. The lowest BCUT2D eigenvalue weighted by atomic mass is 9.96. The van der Waals surface area contributed by atoms with Crippen LogP contribution in [-0.4, -0.2) is 11.5 Å². The van der Waals surface area contributed by atoms with Crippen molar-refractivity contribution in [2.45, 2.75) is 27.3 Å². The van der Waals surface area contributed by atoms with Crippen LogP contribution in [0, 0.1) is 23.7 Å². The normalized spacial score (nSPS) is 11.1. The van der Waals surface area contributed by atoms with Crippen molar-refractivity contribution >= 4 is 0 Å². The van der Waals surface area contributed by atoms with E-state index in [-0.39, 0.29) is 5.41 Å². The van der Waals surface area contributed by atoms with Crippen molar-refractivity contribution < 1.29 is 0 Å². The molecule has 80 valence electrons. The first-order valence-electron chi connectivity index (χ1n) is 5.06. The maximum Gasteiger partial charge on any atom is 0.0697 e. The molecule has 1 N–H and O–H groups in total. The third-order valence-corrected chi connectivity index (χ3v) is 2.33. The summed E-state index contributed by atoms with van der Waals surface area (Å²) in [6.45, 7) is 7.38. The summed E-state index contributed by atoms with van der Waals surface area (Å²) >= 11 is 0. The van der Waals surface area contributed by atoms with Gasteiger partial charge in [-0.25, -0.2) is 0 Å². The summed E-state index contributed by atoms with van der Waals surface area (Å²) in [5.74, 6) is 0. The van der Waals surface area contributed by atoms with Crippen molar-refractivity contribution in [1.82, 2.24) is 10.3 Å². The number of aryl methyl sites for hydroxylation is 1. The summed E-state index contributed by atoms with van der Waals surface area (Å²) < 4.78 is 0. The quantitative estimate of drug-likeness (QED) is 0.814. The molecule has 0 saturated heterocycles. The van der Waals surface area contributed by atoms with Gasteiger partial charge in [-0.3, -0.25) is 4.98 Å². The van der Waals surface area contributed by atoms with E-state index in [4.69, 9.17) is 5.26 Å². The predicted octanol–water partition coefficient (Wildman–Crippen LogP) is 2.03. The molecular weight excluding hydrogens is 186 g/mol. The average Bonchev–Trinajstić information content (AvgIpc) is 2.21. The van der Waals surface area contributed by atoms with Gasteiger partial charge in [0.25, 0.3) is 0 Å². The number of nitrogens with one attached hydrogen (secondary N) is 1. The van der Waals surface area contributed by atoms with E-state index in [0.717, 1.165) is 6.54 Å². The monoisotopic (exact) mass is 203 g/mol. The van der Waals surface area contributed by atoms with Crippen LogP contribution in [0.5, 0.6) is 0 Å².